The van der Waals surface area contributed by atoms with E-state index in [9.17, 15) is 9.59 Å². The van der Waals surface area contributed by atoms with Gasteiger partial charge in [-0.3, -0.25) is 14.6 Å². The molecule has 4 heterocycles. The van der Waals surface area contributed by atoms with E-state index in [1.165, 1.54) is 12.3 Å². The van der Waals surface area contributed by atoms with Gasteiger partial charge in [-0.25, -0.2) is 0 Å². The maximum atomic E-state index is 12.8. The number of likely N-dealkylation sites (tertiary alicyclic amines) is 1. The van der Waals surface area contributed by atoms with Gasteiger partial charge in [-0.15, -0.1) is 0 Å². The lowest BCUT2D eigenvalue weighted by Crippen LogP contribution is -2.47. The summed E-state index contributed by atoms with van der Waals surface area (Å²) in [7, 11) is 0. The molecule has 8 heteroatoms. The lowest BCUT2D eigenvalue weighted by Gasteiger charge is -2.37. The van der Waals surface area contributed by atoms with Gasteiger partial charge < -0.3 is 24.1 Å². The van der Waals surface area contributed by atoms with Crippen LogP contribution in [-0.2, 0) is 16.0 Å². The van der Waals surface area contributed by atoms with E-state index in [0.717, 1.165) is 0 Å². The molecule has 2 aromatic heterocycles. The molecule has 4 rings (SSSR count). The second-order valence-electron chi connectivity index (χ2n) is 6.59. The number of aromatic nitrogens is 1. The zero-order valence-corrected chi connectivity index (χ0v) is 14.8. The Morgan fingerprint density at radius 1 is 1.19 bits per heavy atom. The first-order valence-electron chi connectivity index (χ1n) is 8.99. The van der Waals surface area contributed by atoms with Gasteiger partial charge in [0.15, 0.2) is 5.79 Å². The maximum absolute atomic E-state index is 12.8. The van der Waals surface area contributed by atoms with Crippen LogP contribution < -0.4 is 5.32 Å². The summed E-state index contributed by atoms with van der Waals surface area (Å²) in [5.41, 5.74) is 0.640. The number of carbonyl (C=O) groups excluding carboxylic acids is 2. The zero-order chi connectivity index (χ0) is 18.7. The Hall–Kier alpha value is -2.71. The maximum Gasteiger partial charge on any atom is 0.272 e. The van der Waals surface area contributed by atoms with Gasteiger partial charge in [0, 0.05) is 37.7 Å². The summed E-state index contributed by atoms with van der Waals surface area (Å²) < 4.78 is 16.6. The number of carbonyl (C=O) groups is 2. The number of hydrogen-bond donors (Lipinski definition) is 1. The Balaban J connectivity index is 1.38. The topological polar surface area (TPSA) is 93.9 Å². The van der Waals surface area contributed by atoms with Gasteiger partial charge in [0.1, 0.15) is 11.5 Å². The van der Waals surface area contributed by atoms with Crippen LogP contribution in [0.15, 0.2) is 41.1 Å². The van der Waals surface area contributed by atoms with Crippen LogP contribution in [0.4, 0.5) is 0 Å². The first kappa shape index (κ1) is 17.7. The number of hydrogen-bond acceptors (Lipinski definition) is 6. The van der Waals surface area contributed by atoms with Crippen molar-refractivity contribution in [1.82, 2.24) is 15.2 Å². The fraction of sp³-hybridized carbons (Fsp3) is 0.421. The molecule has 8 nitrogen and oxygen atoms in total. The SMILES string of the molecule is O=C(NCc1ccco1)c1ccnc(C(=O)N2CCC3(CC2)OCCO3)c1. The van der Waals surface area contributed by atoms with Crippen LogP contribution in [0.2, 0.25) is 0 Å². The predicted octanol–water partition coefficient (Wildman–Crippen LogP) is 1.58. The van der Waals surface area contributed by atoms with Gasteiger partial charge in [-0.2, -0.15) is 0 Å². The molecule has 0 aromatic carbocycles. The monoisotopic (exact) mass is 371 g/mol. The molecule has 0 bridgehead atoms. The van der Waals surface area contributed by atoms with Gasteiger partial charge in [0.25, 0.3) is 11.8 Å². The third-order valence-electron chi connectivity index (χ3n) is 4.87. The van der Waals surface area contributed by atoms with E-state index >= 15 is 0 Å². The number of pyridine rings is 1. The number of nitrogens with zero attached hydrogens (tertiary/aromatic N) is 2. The van der Waals surface area contributed by atoms with Crippen LogP contribution in [0, 0.1) is 0 Å². The fourth-order valence-corrected chi connectivity index (χ4v) is 3.37. The van der Waals surface area contributed by atoms with E-state index in [2.05, 4.69) is 10.3 Å². The lowest BCUT2D eigenvalue weighted by atomic mass is 10.0. The van der Waals surface area contributed by atoms with Gasteiger partial charge >= 0.3 is 0 Å². The molecule has 0 aliphatic carbocycles. The first-order chi connectivity index (χ1) is 13.2. The van der Waals surface area contributed by atoms with E-state index < -0.39 is 5.79 Å². The number of nitrogens with one attached hydrogen (secondary N) is 1. The second kappa shape index (κ2) is 7.50. The molecule has 1 N–H and O–H groups in total. The number of furan rings is 1. The van der Waals surface area contributed by atoms with Crippen molar-refractivity contribution in [3.8, 4) is 0 Å². The highest BCUT2D eigenvalue weighted by Crippen LogP contribution is 2.31. The minimum Gasteiger partial charge on any atom is -0.467 e. The largest absolute Gasteiger partial charge is 0.467 e. The number of amides is 2. The molecule has 27 heavy (non-hydrogen) atoms. The Morgan fingerprint density at radius 3 is 2.67 bits per heavy atom. The van der Waals surface area contributed by atoms with Crippen LogP contribution in [0.25, 0.3) is 0 Å². The molecule has 2 aliphatic rings. The van der Waals surface area contributed by atoms with E-state index in [0.29, 0.717) is 50.5 Å². The molecule has 2 aliphatic heterocycles. The summed E-state index contributed by atoms with van der Waals surface area (Å²) in [6, 6.07) is 6.64. The van der Waals surface area contributed by atoms with Crippen LogP contribution >= 0.6 is 0 Å². The minimum atomic E-state index is -0.530. The van der Waals surface area contributed by atoms with Gasteiger partial charge in [-0.05, 0) is 24.3 Å². The Bertz CT molecular complexity index is 805. The Kier molecular flexibility index (Phi) is 4.91. The molecule has 2 fully saturated rings. The fourth-order valence-electron chi connectivity index (χ4n) is 3.37. The highest BCUT2D eigenvalue weighted by atomic mass is 16.7. The van der Waals surface area contributed by atoms with Gasteiger partial charge in [-0.1, -0.05) is 0 Å². The summed E-state index contributed by atoms with van der Waals surface area (Å²) >= 11 is 0. The molecule has 1 spiro atoms. The first-order valence-corrected chi connectivity index (χ1v) is 8.99. The van der Waals surface area contributed by atoms with E-state index in [4.69, 9.17) is 13.9 Å². The zero-order valence-electron chi connectivity index (χ0n) is 14.8. The third kappa shape index (κ3) is 3.86. The van der Waals surface area contributed by atoms with Crippen molar-refractivity contribution in [2.75, 3.05) is 26.3 Å². The highest BCUT2D eigenvalue weighted by Gasteiger charge is 2.41. The third-order valence-corrected chi connectivity index (χ3v) is 4.87. The van der Waals surface area contributed by atoms with Crippen molar-refractivity contribution in [1.29, 1.82) is 0 Å². The number of piperidine rings is 1. The summed E-state index contributed by atoms with van der Waals surface area (Å²) in [5, 5.41) is 2.76. The molecular weight excluding hydrogens is 350 g/mol. The smallest absolute Gasteiger partial charge is 0.272 e. The molecule has 2 saturated heterocycles. The molecule has 0 atom stereocenters. The van der Waals surface area contributed by atoms with Crippen LogP contribution in [0.1, 0.15) is 39.4 Å². The molecular formula is C19H21N3O5. The van der Waals surface area contributed by atoms with Crippen LogP contribution in [-0.4, -0.2) is 53.8 Å². The molecule has 0 radical (unpaired) electrons. The van der Waals surface area contributed by atoms with Crippen molar-refractivity contribution in [2.24, 2.45) is 0 Å². The van der Waals surface area contributed by atoms with Crippen molar-refractivity contribution in [2.45, 2.75) is 25.2 Å². The lowest BCUT2D eigenvalue weighted by molar-refractivity contribution is -0.181. The Morgan fingerprint density at radius 2 is 1.96 bits per heavy atom. The summed E-state index contributed by atoms with van der Waals surface area (Å²) in [6.45, 7) is 2.56. The average molecular weight is 371 g/mol. The quantitative estimate of drug-likeness (QED) is 0.877. The van der Waals surface area contributed by atoms with Crippen LogP contribution in [0.3, 0.4) is 0 Å². The summed E-state index contributed by atoms with van der Waals surface area (Å²) in [6.07, 6.45) is 4.31. The van der Waals surface area contributed by atoms with Crippen LogP contribution in [0.5, 0.6) is 0 Å². The number of ether oxygens (including phenoxy) is 2. The molecule has 2 amide bonds. The minimum absolute atomic E-state index is 0.191. The summed E-state index contributed by atoms with van der Waals surface area (Å²) in [5.74, 6) is -0.346. The molecule has 0 unspecified atom stereocenters. The molecule has 142 valence electrons. The van der Waals surface area contributed by atoms with Crippen molar-refractivity contribution < 1.29 is 23.5 Å². The summed E-state index contributed by atoms with van der Waals surface area (Å²) in [4.78, 5) is 30.9. The van der Waals surface area contributed by atoms with E-state index in [-0.39, 0.29) is 24.1 Å². The van der Waals surface area contributed by atoms with Crippen molar-refractivity contribution in [3.63, 3.8) is 0 Å². The molecule has 0 saturated carbocycles. The predicted molar refractivity (Wildman–Crippen MR) is 93.9 cm³/mol. The normalized spacial score (nSPS) is 18.6. The van der Waals surface area contributed by atoms with Gasteiger partial charge in [0.05, 0.1) is 26.0 Å². The molecule has 2 aromatic rings. The highest BCUT2D eigenvalue weighted by molar-refractivity contribution is 5.98. The number of rotatable bonds is 4. The standard InChI is InChI=1S/C19H21N3O5/c23-17(21-13-15-2-1-9-25-15)14-3-6-20-16(12-14)18(24)22-7-4-19(5-8-22)26-10-11-27-19/h1-3,6,9,12H,4-5,7-8,10-11,13H2,(H,21,23). The van der Waals surface area contributed by atoms with Gasteiger partial charge in [0.2, 0.25) is 0 Å². The van der Waals surface area contributed by atoms with Crippen molar-refractivity contribution in [3.05, 3.63) is 53.7 Å². The Labute approximate surface area is 156 Å². The van der Waals surface area contributed by atoms with Crippen molar-refractivity contribution >= 4 is 11.8 Å². The second-order valence-corrected chi connectivity index (χ2v) is 6.59. The average Bonchev–Trinajstić information content (AvgIpc) is 3.39. The van der Waals surface area contributed by atoms with E-state index in [1.54, 1.807) is 29.4 Å². The van der Waals surface area contributed by atoms with E-state index in [1.807, 2.05) is 0 Å².